The molecule has 0 saturated carbocycles. The Bertz CT molecular complexity index is 385. The summed E-state index contributed by atoms with van der Waals surface area (Å²) in [5, 5.41) is 0. The molecule has 0 aliphatic heterocycles. The average Bonchev–Trinajstić information content (AvgIpc) is 2.91. The van der Waals surface area contributed by atoms with Crippen LogP contribution in [0.25, 0.3) is 0 Å². The van der Waals surface area contributed by atoms with Crippen LogP contribution in [-0.2, 0) is 0 Å². The summed E-state index contributed by atoms with van der Waals surface area (Å²) >= 11 is 0. The van der Waals surface area contributed by atoms with E-state index in [0.29, 0.717) is 6.04 Å². The Morgan fingerprint density at radius 3 is 0.763 bits per heavy atom. The molecule has 0 bridgehead atoms. The maximum absolute atomic E-state index is 2.67. The van der Waals surface area contributed by atoms with Crippen molar-refractivity contribution < 1.29 is 0 Å². The number of hydrogen-bond acceptors (Lipinski definition) is 1. The van der Waals surface area contributed by atoms with Gasteiger partial charge in [-0.25, -0.2) is 0 Å². The van der Waals surface area contributed by atoms with Gasteiger partial charge in [-0.2, -0.15) is 0 Å². The molecule has 0 aromatic heterocycles. The quantitative estimate of drug-likeness (QED) is 0.0774. The summed E-state index contributed by atoms with van der Waals surface area (Å²) in [5.41, 5.74) is 0. The molecule has 38 heavy (non-hydrogen) atoms. The van der Waals surface area contributed by atoms with Crippen molar-refractivity contribution in [1.82, 2.24) is 4.90 Å². The van der Waals surface area contributed by atoms with E-state index in [4.69, 9.17) is 0 Å². The van der Waals surface area contributed by atoms with E-state index < -0.39 is 0 Å². The lowest BCUT2D eigenvalue weighted by Crippen LogP contribution is -2.37. The molecule has 0 saturated heterocycles. The molecule has 0 spiro atoms. The van der Waals surface area contributed by atoms with Gasteiger partial charge in [0.25, 0.3) is 0 Å². The van der Waals surface area contributed by atoms with E-state index in [0.717, 1.165) is 6.04 Å². The first kappa shape index (κ1) is 38.0. The third-order valence-corrected chi connectivity index (χ3v) is 9.17. The summed E-state index contributed by atoms with van der Waals surface area (Å²) in [4.78, 5) is 2.67. The molecule has 1 heteroatoms. The second-order valence-corrected chi connectivity index (χ2v) is 13.2. The van der Waals surface area contributed by atoms with Gasteiger partial charge in [0.15, 0.2) is 0 Å². The second kappa shape index (κ2) is 31.5. The second-order valence-electron chi connectivity index (χ2n) is 13.2. The van der Waals surface area contributed by atoms with E-state index in [1.54, 1.807) is 0 Å². The summed E-state index contributed by atoms with van der Waals surface area (Å²) in [7, 11) is 2.38. The van der Waals surface area contributed by atoms with E-state index in [1.165, 1.54) is 193 Å². The van der Waals surface area contributed by atoms with E-state index in [-0.39, 0.29) is 0 Å². The lowest BCUT2D eigenvalue weighted by Gasteiger charge is -2.31. The molecule has 0 aromatic rings. The fraction of sp³-hybridized carbons (Fsp3) is 1.00. The smallest absolute Gasteiger partial charge is 0.00949 e. The first-order valence-electron chi connectivity index (χ1n) is 18.3. The minimum Gasteiger partial charge on any atom is -0.301 e. The zero-order valence-electron chi connectivity index (χ0n) is 27.8. The van der Waals surface area contributed by atoms with Crippen molar-refractivity contribution in [2.24, 2.45) is 0 Å². The molecule has 0 aliphatic rings. The third kappa shape index (κ3) is 27.5. The lowest BCUT2D eigenvalue weighted by molar-refractivity contribution is 0.169. The van der Waals surface area contributed by atoms with Gasteiger partial charge in [-0.3, -0.25) is 0 Å². The summed E-state index contributed by atoms with van der Waals surface area (Å²) in [5.74, 6) is 0. The molecule has 0 aliphatic carbocycles. The molecule has 0 amide bonds. The third-order valence-electron chi connectivity index (χ3n) is 9.17. The Balaban J connectivity index is 3.62. The molecule has 230 valence electrons. The molecule has 0 unspecified atom stereocenters. The van der Waals surface area contributed by atoms with Crippen LogP contribution in [0.4, 0.5) is 0 Å². The van der Waals surface area contributed by atoms with E-state index in [1.807, 2.05) is 0 Å². The summed E-state index contributed by atoms with van der Waals surface area (Å²) in [6, 6.07) is 1.49. The standard InChI is InChI=1S/C37H77N/c1-6-8-10-12-14-16-18-20-22-24-26-28-30-32-34-37(38(5)36(3)4)35-33-31-29-27-25-23-21-19-17-15-13-11-9-7-2/h36-37H,6-35H2,1-5H3. The van der Waals surface area contributed by atoms with Gasteiger partial charge < -0.3 is 4.90 Å². The van der Waals surface area contributed by atoms with Gasteiger partial charge in [0, 0.05) is 12.1 Å². The monoisotopic (exact) mass is 536 g/mol. The van der Waals surface area contributed by atoms with Crippen molar-refractivity contribution in [2.75, 3.05) is 7.05 Å². The highest BCUT2D eigenvalue weighted by Gasteiger charge is 2.16. The molecule has 0 atom stereocenters. The first-order valence-corrected chi connectivity index (χ1v) is 18.3. The molecule has 0 N–H and O–H groups in total. The Kier molecular flexibility index (Phi) is 31.5. The van der Waals surface area contributed by atoms with Gasteiger partial charge in [-0.15, -0.1) is 0 Å². The Morgan fingerprint density at radius 1 is 0.342 bits per heavy atom. The van der Waals surface area contributed by atoms with Crippen LogP contribution < -0.4 is 0 Å². The van der Waals surface area contributed by atoms with Crippen molar-refractivity contribution in [3.8, 4) is 0 Å². The normalized spacial score (nSPS) is 12.0. The van der Waals surface area contributed by atoms with E-state index in [2.05, 4.69) is 39.6 Å². The van der Waals surface area contributed by atoms with Gasteiger partial charge in [0.05, 0.1) is 0 Å². The fourth-order valence-electron chi connectivity index (χ4n) is 6.12. The Labute approximate surface area is 244 Å². The number of rotatable bonds is 32. The van der Waals surface area contributed by atoms with Crippen molar-refractivity contribution in [2.45, 2.75) is 232 Å². The van der Waals surface area contributed by atoms with Crippen LogP contribution in [0.2, 0.25) is 0 Å². The zero-order valence-corrected chi connectivity index (χ0v) is 27.8. The van der Waals surface area contributed by atoms with Crippen molar-refractivity contribution >= 4 is 0 Å². The van der Waals surface area contributed by atoms with Crippen molar-refractivity contribution in [3.05, 3.63) is 0 Å². The van der Waals surface area contributed by atoms with Crippen LogP contribution in [0.1, 0.15) is 220 Å². The minimum atomic E-state index is 0.679. The van der Waals surface area contributed by atoms with Gasteiger partial charge in [-0.1, -0.05) is 194 Å². The lowest BCUT2D eigenvalue weighted by atomic mass is 9.98. The van der Waals surface area contributed by atoms with Crippen LogP contribution in [0.5, 0.6) is 0 Å². The SMILES string of the molecule is CCCCCCCCCCCCCCCCC(CCCCCCCCCCCCCCCC)N(C)C(C)C. The maximum Gasteiger partial charge on any atom is 0.00949 e. The molecule has 0 heterocycles. The van der Waals surface area contributed by atoms with Gasteiger partial charge in [-0.05, 0) is 33.7 Å². The van der Waals surface area contributed by atoms with Crippen molar-refractivity contribution in [1.29, 1.82) is 0 Å². The van der Waals surface area contributed by atoms with E-state index >= 15 is 0 Å². The van der Waals surface area contributed by atoms with Crippen LogP contribution in [0.15, 0.2) is 0 Å². The van der Waals surface area contributed by atoms with Gasteiger partial charge in [0.1, 0.15) is 0 Å². The number of unbranched alkanes of at least 4 members (excludes halogenated alkanes) is 26. The largest absolute Gasteiger partial charge is 0.301 e. The highest BCUT2D eigenvalue weighted by atomic mass is 15.1. The Hall–Kier alpha value is -0.0400. The highest BCUT2D eigenvalue weighted by molar-refractivity contribution is 4.72. The summed E-state index contributed by atoms with van der Waals surface area (Å²) < 4.78 is 0. The zero-order chi connectivity index (χ0) is 27.9. The topological polar surface area (TPSA) is 3.24 Å². The molecular weight excluding hydrogens is 458 g/mol. The summed E-state index contributed by atoms with van der Waals surface area (Å²) in [6.07, 6.45) is 43.8. The predicted octanol–water partition coefficient (Wildman–Crippen LogP) is 13.4. The fourth-order valence-corrected chi connectivity index (χ4v) is 6.12. The predicted molar refractivity (Wildman–Crippen MR) is 177 cm³/mol. The molecule has 0 fully saturated rings. The first-order chi connectivity index (χ1) is 18.6. The minimum absolute atomic E-state index is 0.679. The van der Waals surface area contributed by atoms with Gasteiger partial charge in [0.2, 0.25) is 0 Å². The number of hydrogen-bond donors (Lipinski definition) is 0. The van der Waals surface area contributed by atoms with Crippen LogP contribution >= 0.6 is 0 Å². The summed E-state index contributed by atoms with van der Waals surface area (Å²) in [6.45, 7) is 9.38. The molecular formula is C37H77N. The average molecular weight is 536 g/mol. The van der Waals surface area contributed by atoms with Gasteiger partial charge >= 0.3 is 0 Å². The number of nitrogens with zero attached hydrogens (tertiary/aromatic N) is 1. The highest BCUT2D eigenvalue weighted by Crippen LogP contribution is 2.20. The maximum atomic E-state index is 2.67. The van der Waals surface area contributed by atoms with Crippen LogP contribution in [0, 0.1) is 0 Å². The molecule has 0 radical (unpaired) electrons. The Morgan fingerprint density at radius 2 is 0.553 bits per heavy atom. The van der Waals surface area contributed by atoms with Crippen molar-refractivity contribution in [3.63, 3.8) is 0 Å². The molecule has 1 nitrogen and oxygen atoms in total. The van der Waals surface area contributed by atoms with E-state index in [9.17, 15) is 0 Å². The van der Waals surface area contributed by atoms with Crippen LogP contribution in [-0.4, -0.2) is 24.0 Å². The van der Waals surface area contributed by atoms with Crippen LogP contribution in [0.3, 0.4) is 0 Å². The molecule has 0 rings (SSSR count). The molecule has 0 aromatic carbocycles.